The number of rotatable bonds is 3. The van der Waals surface area contributed by atoms with E-state index in [1.54, 1.807) is 6.20 Å². The van der Waals surface area contributed by atoms with Crippen LogP contribution in [0.3, 0.4) is 0 Å². The zero-order chi connectivity index (χ0) is 15.0. The second-order valence-electron chi connectivity index (χ2n) is 5.81. The Kier molecular flexibility index (Phi) is 3.78. The zero-order valence-electron chi connectivity index (χ0n) is 12.3. The highest BCUT2D eigenvalue weighted by atomic mass is 19.1. The summed E-state index contributed by atoms with van der Waals surface area (Å²) in [5, 5.41) is 13.9. The molecule has 4 nitrogen and oxygen atoms in total. The van der Waals surface area contributed by atoms with E-state index in [2.05, 4.69) is 31.1 Å². The first kappa shape index (κ1) is 14.2. The number of aryl methyl sites for hydroxylation is 2. The minimum atomic E-state index is -1.15. The number of halogens is 1. The number of aliphatic hydroxyl groups is 1. The van der Waals surface area contributed by atoms with Crippen LogP contribution < -0.4 is 0 Å². The summed E-state index contributed by atoms with van der Waals surface area (Å²) >= 11 is 0. The second-order valence-corrected chi connectivity index (χ2v) is 5.81. The van der Waals surface area contributed by atoms with Crippen LogP contribution in [0.25, 0.3) is 5.69 Å². The number of likely N-dealkylation sites (tertiary alicyclic amines) is 1. The summed E-state index contributed by atoms with van der Waals surface area (Å²) < 4.78 is 15.3. The van der Waals surface area contributed by atoms with Gasteiger partial charge in [-0.25, -0.2) is 9.07 Å². The molecule has 0 bridgehead atoms. The molecule has 2 atom stereocenters. The van der Waals surface area contributed by atoms with E-state index in [4.69, 9.17) is 0 Å². The molecule has 1 aromatic carbocycles. The molecule has 112 valence electrons. The number of hydrogen-bond acceptors (Lipinski definition) is 3. The fourth-order valence-corrected chi connectivity index (χ4v) is 2.97. The van der Waals surface area contributed by atoms with E-state index in [1.807, 2.05) is 21.8 Å². The van der Waals surface area contributed by atoms with Crippen molar-refractivity contribution < 1.29 is 9.50 Å². The van der Waals surface area contributed by atoms with Crippen LogP contribution >= 0.6 is 0 Å². The largest absolute Gasteiger partial charge is 0.389 e. The molecular weight excluding hydrogens is 269 g/mol. The minimum absolute atomic E-state index is 0.285. The third kappa shape index (κ3) is 2.84. The maximum Gasteiger partial charge on any atom is 0.140 e. The van der Waals surface area contributed by atoms with Crippen molar-refractivity contribution in [2.45, 2.75) is 32.7 Å². The fourth-order valence-electron chi connectivity index (χ4n) is 2.97. The predicted octanol–water partition coefficient (Wildman–Crippen LogP) is 2.00. The lowest BCUT2D eigenvalue weighted by molar-refractivity contribution is 0.115. The van der Waals surface area contributed by atoms with E-state index in [1.165, 1.54) is 5.56 Å². The molecule has 0 saturated carbocycles. The first-order valence-corrected chi connectivity index (χ1v) is 7.19. The summed E-state index contributed by atoms with van der Waals surface area (Å²) in [6.45, 7) is 5.41. The van der Waals surface area contributed by atoms with Crippen LogP contribution in [0.4, 0.5) is 4.39 Å². The molecule has 0 amide bonds. The molecule has 0 radical (unpaired) electrons. The Bertz CT molecular complexity index is 617. The van der Waals surface area contributed by atoms with Crippen molar-refractivity contribution in [3.63, 3.8) is 0 Å². The molecule has 1 aliphatic heterocycles. The maximum atomic E-state index is 13.5. The van der Waals surface area contributed by atoms with E-state index in [0.717, 1.165) is 16.8 Å². The van der Waals surface area contributed by atoms with Gasteiger partial charge in [0.1, 0.15) is 6.17 Å². The van der Waals surface area contributed by atoms with E-state index in [0.29, 0.717) is 13.1 Å². The molecule has 1 N–H and O–H groups in total. The minimum Gasteiger partial charge on any atom is -0.389 e. The van der Waals surface area contributed by atoms with Crippen LogP contribution in [0.1, 0.15) is 16.7 Å². The Hall–Kier alpha value is -1.72. The monoisotopic (exact) mass is 289 g/mol. The highest BCUT2D eigenvalue weighted by Gasteiger charge is 2.31. The summed E-state index contributed by atoms with van der Waals surface area (Å²) in [6, 6.07) is 6.11. The molecule has 1 aromatic heterocycles. The second kappa shape index (κ2) is 5.58. The number of aliphatic hydroxyl groups excluding tert-OH is 1. The van der Waals surface area contributed by atoms with E-state index < -0.39 is 12.3 Å². The van der Waals surface area contributed by atoms with Crippen molar-refractivity contribution >= 4 is 0 Å². The molecule has 0 spiro atoms. The van der Waals surface area contributed by atoms with Gasteiger partial charge in [-0.2, -0.15) is 5.10 Å². The number of hydrogen-bond donors (Lipinski definition) is 1. The molecule has 1 saturated heterocycles. The normalized spacial score (nSPS) is 22.9. The Labute approximate surface area is 123 Å². The van der Waals surface area contributed by atoms with E-state index >= 15 is 0 Å². The van der Waals surface area contributed by atoms with Gasteiger partial charge in [-0.3, -0.25) is 4.90 Å². The molecule has 0 aliphatic carbocycles. The molecule has 21 heavy (non-hydrogen) atoms. The van der Waals surface area contributed by atoms with Crippen molar-refractivity contribution in [3.8, 4) is 5.69 Å². The number of benzene rings is 1. The maximum absolute atomic E-state index is 13.5. The number of β-amino-alcohol motifs (C(OH)–C–C–N with tert-alkyl or cyclic N) is 1. The summed E-state index contributed by atoms with van der Waals surface area (Å²) in [6.07, 6.45) is 1.64. The molecule has 2 heterocycles. The third-order valence-corrected chi connectivity index (χ3v) is 4.02. The van der Waals surface area contributed by atoms with Gasteiger partial charge in [-0.15, -0.1) is 0 Å². The lowest BCUT2D eigenvalue weighted by atomic mass is 10.0. The first-order chi connectivity index (χ1) is 10.0. The van der Waals surface area contributed by atoms with E-state index in [-0.39, 0.29) is 6.54 Å². The standard InChI is InChI=1S/C16H20FN3O/c1-11-6-12(2)13(8-19-9-14(17)16(21)10-19)15(7-11)20-5-3-4-18-20/h3-7,14,16,21H,8-10H2,1-2H3/t14-,16-/m1/s1. The van der Waals surface area contributed by atoms with Gasteiger partial charge in [0.25, 0.3) is 0 Å². The lowest BCUT2D eigenvalue weighted by Crippen LogP contribution is -2.23. The third-order valence-electron chi connectivity index (χ3n) is 4.02. The van der Waals surface area contributed by atoms with Crippen molar-refractivity contribution in [2.24, 2.45) is 0 Å². The van der Waals surface area contributed by atoms with E-state index in [9.17, 15) is 9.50 Å². The van der Waals surface area contributed by atoms with Crippen LogP contribution in [0, 0.1) is 13.8 Å². The molecule has 5 heteroatoms. The topological polar surface area (TPSA) is 41.3 Å². The Morgan fingerprint density at radius 3 is 2.76 bits per heavy atom. The smallest absolute Gasteiger partial charge is 0.140 e. The number of aromatic nitrogens is 2. The fraction of sp³-hybridized carbons (Fsp3) is 0.438. The molecule has 0 unspecified atom stereocenters. The van der Waals surface area contributed by atoms with Gasteiger partial charge in [0.15, 0.2) is 0 Å². The van der Waals surface area contributed by atoms with Crippen molar-refractivity contribution in [2.75, 3.05) is 13.1 Å². The van der Waals surface area contributed by atoms with Crippen LogP contribution in [0.5, 0.6) is 0 Å². The molecule has 2 aromatic rings. The summed E-state index contributed by atoms with van der Waals surface area (Å²) in [7, 11) is 0. The van der Waals surface area contributed by atoms with Gasteiger partial charge in [0.2, 0.25) is 0 Å². The average Bonchev–Trinajstić information content (AvgIpc) is 3.04. The predicted molar refractivity (Wildman–Crippen MR) is 79.2 cm³/mol. The number of alkyl halides is 1. The van der Waals surface area contributed by atoms with Crippen LogP contribution in [0.2, 0.25) is 0 Å². The quantitative estimate of drug-likeness (QED) is 0.939. The summed E-state index contributed by atoms with van der Waals surface area (Å²) in [5.74, 6) is 0. The molecule has 1 fully saturated rings. The van der Waals surface area contributed by atoms with Gasteiger partial charge < -0.3 is 5.11 Å². The highest BCUT2D eigenvalue weighted by molar-refractivity contribution is 5.48. The Balaban J connectivity index is 1.94. The van der Waals surface area contributed by atoms with Crippen molar-refractivity contribution in [3.05, 3.63) is 47.3 Å². The Morgan fingerprint density at radius 1 is 1.33 bits per heavy atom. The molecule has 3 rings (SSSR count). The van der Waals surface area contributed by atoms with Crippen molar-refractivity contribution in [1.82, 2.24) is 14.7 Å². The number of nitrogens with zero attached hydrogens (tertiary/aromatic N) is 3. The highest BCUT2D eigenvalue weighted by Crippen LogP contribution is 2.24. The van der Waals surface area contributed by atoms with Gasteiger partial charge in [-0.1, -0.05) is 6.07 Å². The van der Waals surface area contributed by atoms with Crippen LogP contribution in [0.15, 0.2) is 30.6 Å². The summed E-state index contributed by atoms with van der Waals surface area (Å²) in [5.41, 5.74) is 4.49. The molecule has 1 aliphatic rings. The summed E-state index contributed by atoms with van der Waals surface area (Å²) in [4.78, 5) is 1.96. The van der Waals surface area contributed by atoms with Crippen LogP contribution in [-0.4, -0.2) is 45.2 Å². The van der Waals surface area contributed by atoms with Crippen LogP contribution in [-0.2, 0) is 6.54 Å². The molecular formula is C16H20FN3O. The SMILES string of the molecule is Cc1cc(C)c(CN2C[C@@H](O)[C@H](F)C2)c(-n2cccn2)c1. The van der Waals surface area contributed by atoms with Gasteiger partial charge in [0.05, 0.1) is 11.8 Å². The van der Waals surface area contributed by atoms with Gasteiger partial charge >= 0.3 is 0 Å². The lowest BCUT2D eigenvalue weighted by Gasteiger charge is -2.20. The zero-order valence-corrected chi connectivity index (χ0v) is 12.3. The van der Waals surface area contributed by atoms with Crippen molar-refractivity contribution in [1.29, 1.82) is 0 Å². The average molecular weight is 289 g/mol. The van der Waals surface area contributed by atoms with Gasteiger partial charge in [0, 0.05) is 32.0 Å². The van der Waals surface area contributed by atoms with Gasteiger partial charge in [-0.05, 0) is 42.7 Å². The Morgan fingerprint density at radius 2 is 2.14 bits per heavy atom. The first-order valence-electron chi connectivity index (χ1n) is 7.19.